The van der Waals surface area contributed by atoms with Gasteiger partial charge in [0.25, 0.3) is 0 Å². The molecule has 3 N–H and O–H groups in total. The van der Waals surface area contributed by atoms with Crippen LogP contribution in [0.2, 0.25) is 0 Å². The van der Waals surface area contributed by atoms with Crippen LogP contribution in [0, 0.1) is 23.7 Å². The Morgan fingerprint density at radius 1 is 0.326 bits per heavy atom. The van der Waals surface area contributed by atoms with E-state index in [0.717, 1.165) is 114 Å². The highest BCUT2D eigenvalue weighted by atomic mass is 31.2. The van der Waals surface area contributed by atoms with E-state index in [9.17, 15) is 43.2 Å². The van der Waals surface area contributed by atoms with Crippen LogP contribution in [0.3, 0.4) is 0 Å². The van der Waals surface area contributed by atoms with Gasteiger partial charge in [-0.15, -0.1) is 0 Å². The molecule has 0 aromatic carbocycles. The number of aliphatic hydroxyl groups is 1. The maximum absolute atomic E-state index is 13.0. The first-order chi connectivity index (χ1) is 41.2. The normalized spacial score (nSPS) is 15.3. The number of hydrogen-bond acceptors (Lipinski definition) is 15. The van der Waals surface area contributed by atoms with Crippen LogP contribution in [0.15, 0.2) is 0 Å². The van der Waals surface area contributed by atoms with E-state index >= 15 is 0 Å². The average molecular weight is 1270 g/mol. The number of esters is 4. The summed E-state index contributed by atoms with van der Waals surface area (Å²) in [5.41, 5.74) is 0. The Bertz CT molecular complexity index is 1720. The van der Waals surface area contributed by atoms with Gasteiger partial charge >= 0.3 is 39.5 Å². The predicted octanol–water partition coefficient (Wildman–Crippen LogP) is 18.5. The first kappa shape index (κ1) is 84.1. The minimum absolute atomic E-state index is 0.102. The molecule has 6 unspecified atom stereocenters. The number of carbonyl (C=O) groups is 4. The predicted molar refractivity (Wildman–Crippen MR) is 344 cm³/mol. The quantitative estimate of drug-likeness (QED) is 0.0222. The second kappa shape index (κ2) is 57.0. The first-order valence-corrected chi connectivity index (χ1v) is 37.8. The molecule has 0 radical (unpaired) electrons. The second-order valence-corrected chi connectivity index (χ2v) is 28.3. The van der Waals surface area contributed by atoms with Crippen molar-refractivity contribution in [2.24, 2.45) is 23.7 Å². The number of hydrogen-bond donors (Lipinski definition) is 3. The van der Waals surface area contributed by atoms with Crippen molar-refractivity contribution in [2.45, 2.75) is 343 Å². The fourth-order valence-electron chi connectivity index (χ4n) is 9.86. The molecule has 19 heteroatoms. The summed E-state index contributed by atoms with van der Waals surface area (Å²) in [5, 5.41) is 10.6. The van der Waals surface area contributed by atoms with Gasteiger partial charge in [-0.25, -0.2) is 9.13 Å². The van der Waals surface area contributed by atoms with Crippen LogP contribution < -0.4 is 0 Å². The van der Waals surface area contributed by atoms with Gasteiger partial charge in [-0.05, 0) is 49.4 Å². The lowest BCUT2D eigenvalue weighted by molar-refractivity contribution is -0.161. The molecule has 86 heavy (non-hydrogen) atoms. The van der Waals surface area contributed by atoms with Crippen LogP contribution in [-0.4, -0.2) is 96.7 Å². The second-order valence-electron chi connectivity index (χ2n) is 25.4. The van der Waals surface area contributed by atoms with Crippen molar-refractivity contribution in [1.82, 2.24) is 0 Å². The standard InChI is InChI=1S/C67H130O17P2/c1-9-58(6)44-36-28-20-14-12-13-15-23-33-41-49-66(71)83-62(53-77-64(69)47-39-31-22-17-16-21-29-37-45-59(7)10-2)55-81-85(73,74)79-51-61(68)52-80-86(75,76)82-56-63(84-67(72)50-42-34-26-25-30-38-46-60(8)11-3)54-78-65(70)48-40-32-24-18-19-27-35-43-57(4)5/h57-63,68H,9-56H2,1-8H3,(H,73,74)(H,75,76)/t58?,59?,60?,61?,62-,63-/m1/s1. The van der Waals surface area contributed by atoms with E-state index in [-0.39, 0.29) is 25.7 Å². The molecular formula is C67H130O17P2. The molecule has 0 aromatic heterocycles. The lowest BCUT2D eigenvalue weighted by Crippen LogP contribution is -2.30. The molecule has 0 aromatic rings. The minimum Gasteiger partial charge on any atom is -0.462 e. The summed E-state index contributed by atoms with van der Waals surface area (Å²) in [6, 6.07) is 0. The SMILES string of the molecule is CCC(C)CCCCCCCCCCCCC(=O)O[C@H](COC(=O)CCCCCCCCCCC(C)CC)COP(=O)(O)OCC(O)COP(=O)(O)OC[C@@H](COC(=O)CCCCCCCCCC(C)C)OC(=O)CCCCCCCCC(C)CC. The Kier molecular flexibility index (Phi) is 55.7. The summed E-state index contributed by atoms with van der Waals surface area (Å²) in [6.45, 7) is 14.0. The van der Waals surface area contributed by atoms with Crippen LogP contribution >= 0.6 is 15.6 Å². The van der Waals surface area contributed by atoms with E-state index in [2.05, 4.69) is 55.4 Å². The summed E-state index contributed by atoms with van der Waals surface area (Å²) in [4.78, 5) is 72.4. The van der Waals surface area contributed by atoms with Crippen molar-refractivity contribution in [3.63, 3.8) is 0 Å². The van der Waals surface area contributed by atoms with E-state index in [1.54, 1.807) is 0 Å². The monoisotopic (exact) mass is 1270 g/mol. The molecule has 8 atom stereocenters. The first-order valence-electron chi connectivity index (χ1n) is 34.8. The Morgan fingerprint density at radius 2 is 0.558 bits per heavy atom. The maximum Gasteiger partial charge on any atom is 0.472 e. The van der Waals surface area contributed by atoms with Crippen molar-refractivity contribution in [1.29, 1.82) is 0 Å². The Hall–Kier alpha value is -1.94. The molecule has 0 aliphatic carbocycles. The zero-order valence-electron chi connectivity index (χ0n) is 55.9. The smallest absolute Gasteiger partial charge is 0.462 e. The van der Waals surface area contributed by atoms with Gasteiger partial charge in [0.1, 0.15) is 19.3 Å². The zero-order chi connectivity index (χ0) is 63.9. The van der Waals surface area contributed by atoms with Gasteiger partial charge in [0.05, 0.1) is 26.4 Å². The van der Waals surface area contributed by atoms with Gasteiger partial charge in [-0.1, -0.05) is 274 Å². The maximum atomic E-state index is 13.0. The topological polar surface area (TPSA) is 237 Å². The fourth-order valence-corrected chi connectivity index (χ4v) is 11.4. The third kappa shape index (κ3) is 57.2. The molecule has 0 rings (SSSR count). The van der Waals surface area contributed by atoms with Gasteiger partial charge in [0.15, 0.2) is 12.2 Å². The molecule has 0 saturated carbocycles. The van der Waals surface area contributed by atoms with Crippen molar-refractivity contribution >= 4 is 39.5 Å². The van der Waals surface area contributed by atoms with E-state index in [0.29, 0.717) is 31.6 Å². The summed E-state index contributed by atoms with van der Waals surface area (Å²) < 4.78 is 68.1. The minimum atomic E-state index is -4.95. The van der Waals surface area contributed by atoms with E-state index < -0.39 is 97.5 Å². The summed E-state index contributed by atoms with van der Waals surface area (Å²) in [6.07, 6.45) is 37.5. The van der Waals surface area contributed by atoms with Gasteiger partial charge in [-0.2, -0.15) is 0 Å². The molecule has 17 nitrogen and oxygen atoms in total. The molecule has 0 heterocycles. The summed E-state index contributed by atoms with van der Waals surface area (Å²) >= 11 is 0. The molecule has 0 amide bonds. The van der Waals surface area contributed by atoms with Crippen molar-refractivity contribution in [3.05, 3.63) is 0 Å². The van der Waals surface area contributed by atoms with Gasteiger partial charge in [0, 0.05) is 25.7 Å². The molecule has 0 bridgehead atoms. The molecule has 0 aliphatic rings. The Morgan fingerprint density at radius 3 is 0.826 bits per heavy atom. The fraction of sp³-hybridized carbons (Fsp3) is 0.940. The van der Waals surface area contributed by atoms with Crippen LogP contribution in [0.5, 0.6) is 0 Å². The number of phosphoric acid groups is 2. The highest BCUT2D eigenvalue weighted by Gasteiger charge is 2.30. The van der Waals surface area contributed by atoms with E-state index in [1.807, 2.05) is 0 Å². The highest BCUT2D eigenvalue weighted by molar-refractivity contribution is 7.47. The number of ether oxygens (including phenoxy) is 4. The number of carbonyl (C=O) groups excluding carboxylic acids is 4. The number of aliphatic hydroxyl groups excluding tert-OH is 1. The van der Waals surface area contributed by atoms with Gasteiger partial charge in [0.2, 0.25) is 0 Å². The van der Waals surface area contributed by atoms with Crippen LogP contribution in [0.1, 0.15) is 325 Å². The van der Waals surface area contributed by atoms with Crippen LogP contribution in [-0.2, 0) is 65.4 Å². The summed E-state index contributed by atoms with van der Waals surface area (Å²) in [5.74, 6) is 0.869. The van der Waals surface area contributed by atoms with Crippen molar-refractivity contribution in [2.75, 3.05) is 39.6 Å². The van der Waals surface area contributed by atoms with Crippen LogP contribution in [0.25, 0.3) is 0 Å². The Balaban J connectivity index is 5.27. The van der Waals surface area contributed by atoms with Gasteiger partial charge in [-0.3, -0.25) is 37.3 Å². The van der Waals surface area contributed by atoms with Gasteiger partial charge < -0.3 is 33.8 Å². The zero-order valence-corrected chi connectivity index (χ0v) is 57.7. The summed E-state index contributed by atoms with van der Waals surface area (Å²) in [7, 11) is -9.90. The third-order valence-corrected chi connectivity index (χ3v) is 18.3. The highest BCUT2D eigenvalue weighted by Crippen LogP contribution is 2.45. The van der Waals surface area contributed by atoms with Crippen molar-refractivity contribution < 1.29 is 80.2 Å². The number of unbranched alkanes of at least 4 members (excludes halogenated alkanes) is 27. The molecule has 0 spiro atoms. The average Bonchev–Trinajstić information content (AvgIpc) is 3.67. The lowest BCUT2D eigenvalue weighted by atomic mass is 9.99. The Labute approximate surface area is 524 Å². The van der Waals surface area contributed by atoms with E-state index in [1.165, 1.54) is 122 Å². The molecule has 0 aliphatic heterocycles. The molecule has 0 fully saturated rings. The molecule has 0 saturated heterocycles. The molecular weight excluding hydrogens is 1140 g/mol. The largest absolute Gasteiger partial charge is 0.472 e. The third-order valence-electron chi connectivity index (χ3n) is 16.4. The van der Waals surface area contributed by atoms with Crippen LogP contribution in [0.4, 0.5) is 0 Å². The molecule has 510 valence electrons. The number of phosphoric ester groups is 2. The van der Waals surface area contributed by atoms with E-state index in [4.69, 9.17) is 37.0 Å². The lowest BCUT2D eigenvalue weighted by Gasteiger charge is -2.21. The van der Waals surface area contributed by atoms with Crippen molar-refractivity contribution in [3.8, 4) is 0 Å². The number of rotatable bonds is 64.